The Morgan fingerprint density at radius 3 is 2.46 bits per heavy atom. The number of nitrogens with zero attached hydrogens (tertiary/aromatic N) is 4. The van der Waals surface area contributed by atoms with Crippen molar-refractivity contribution in [1.29, 1.82) is 0 Å². The van der Waals surface area contributed by atoms with E-state index in [0.29, 0.717) is 29.9 Å². The van der Waals surface area contributed by atoms with Crippen LogP contribution in [0.25, 0.3) is 10.8 Å². The predicted octanol–water partition coefficient (Wildman–Crippen LogP) is 3.54. The van der Waals surface area contributed by atoms with Crippen molar-refractivity contribution in [2.45, 2.75) is 19.5 Å². The molecular formula is C20H17ClN4O. The summed E-state index contributed by atoms with van der Waals surface area (Å²) in [5, 5.41) is 6.95. The van der Waals surface area contributed by atoms with Gasteiger partial charge in [-0.3, -0.25) is 4.79 Å². The van der Waals surface area contributed by atoms with Gasteiger partial charge in [0.05, 0.1) is 24.0 Å². The first-order valence-corrected chi connectivity index (χ1v) is 8.77. The second-order valence-electron chi connectivity index (χ2n) is 6.12. The van der Waals surface area contributed by atoms with Crippen molar-refractivity contribution in [1.82, 2.24) is 19.3 Å². The van der Waals surface area contributed by atoms with E-state index in [2.05, 4.69) is 10.1 Å². The zero-order valence-electron chi connectivity index (χ0n) is 14.0. The van der Waals surface area contributed by atoms with Crippen LogP contribution in [0.3, 0.4) is 0 Å². The van der Waals surface area contributed by atoms with Crippen molar-refractivity contribution in [3.05, 3.63) is 93.9 Å². The summed E-state index contributed by atoms with van der Waals surface area (Å²) in [7, 11) is 0. The van der Waals surface area contributed by atoms with E-state index in [1.165, 1.54) is 0 Å². The van der Waals surface area contributed by atoms with Crippen LogP contribution in [0.1, 0.15) is 11.3 Å². The molecule has 0 atom stereocenters. The molecule has 0 aliphatic rings. The van der Waals surface area contributed by atoms with E-state index in [4.69, 9.17) is 11.6 Å². The predicted molar refractivity (Wildman–Crippen MR) is 102 cm³/mol. The van der Waals surface area contributed by atoms with Gasteiger partial charge in [0.15, 0.2) is 0 Å². The number of imidazole rings is 1. The van der Waals surface area contributed by atoms with Crippen molar-refractivity contribution in [2.75, 3.05) is 0 Å². The van der Waals surface area contributed by atoms with Gasteiger partial charge in [-0.1, -0.05) is 41.9 Å². The molecule has 0 unspecified atom stereocenters. The Morgan fingerprint density at radius 2 is 1.73 bits per heavy atom. The minimum atomic E-state index is -0.0689. The third kappa shape index (κ3) is 3.39. The normalized spacial score (nSPS) is 11.1. The molecule has 0 N–H and O–H groups in total. The molecule has 4 aromatic rings. The lowest BCUT2D eigenvalue weighted by Gasteiger charge is -2.11. The molecule has 6 heteroatoms. The zero-order valence-corrected chi connectivity index (χ0v) is 14.8. The molecule has 130 valence electrons. The third-order valence-corrected chi connectivity index (χ3v) is 4.61. The fraction of sp³-hybridized carbons (Fsp3) is 0.150. The molecular weight excluding hydrogens is 348 g/mol. The fourth-order valence-corrected chi connectivity index (χ4v) is 3.14. The Bertz CT molecular complexity index is 1090. The van der Waals surface area contributed by atoms with Crippen molar-refractivity contribution in [2.24, 2.45) is 0 Å². The molecule has 0 amide bonds. The molecule has 5 nitrogen and oxygen atoms in total. The molecule has 26 heavy (non-hydrogen) atoms. The van der Waals surface area contributed by atoms with E-state index in [0.717, 1.165) is 16.6 Å². The van der Waals surface area contributed by atoms with Gasteiger partial charge in [0.25, 0.3) is 5.56 Å². The molecule has 2 aromatic heterocycles. The average Bonchev–Trinajstić information content (AvgIpc) is 3.18. The maximum absolute atomic E-state index is 12.8. The largest absolute Gasteiger partial charge is 0.336 e. The Balaban J connectivity index is 1.74. The monoisotopic (exact) mass is 364 g/mol. The Hall–Kier alpha value is -2.92. The Labute approximate surface area is 155 Å². The number of aromatic nitrogens is 4. The molecule has 0 fully saturated rings. The fourth-order valence-electron chi connectivity index (χ4n) is 3.01. The molecule has 2 heterocycles. The lowest BCUT2D eigenvalue weighted by Crippen LogP contribution is -2.26. The summed E-state index contributed by atoms with van der Waals surface area (Å²) in [5.41, 5.74) is 1.92. The Kier molecular flexibility index (Phi) is 4.54. The van der Waals surface area contributed by atoms with Gasteiger partial charge in [-0.05, 0) is 23.8 Å². The summed E-state index contributed by atoms with van der Waals surface area (Å²) < 4.78 is 3.48. The molecule has 0 saturated carbocycles. The van der Waals surface area contributed by atoms with Crippen molar-refractivity contribution in [3.8, 4) is 0 Å². The first-order chi connectivity index (χ1) is 12.7. The number of hydrogen-bond acceptors (Lipinski definition) is 3. The van der Waals surface area contributed by atoms with Gasteiger partial charge >= 0.3 is 0 Å². The van der Waals surface area contributed by atoms with Crippen LogP contribution in [-0.2, 0) is 19.5 Å². The third-order valence-electron chi connectivity index (χ3n) is 4.36. The molecule has 4 rings (SSSR count). The molecule has 2 aromatic carbocycles. The van der Waals surface area contributed by atoms with Crippen LogP contribution < -0.4 is 5.56 Å². The number of halogens is 1. The second-order valence-corrected chi connectivity index (χ2v) is 6.56. The summed E-state index contributed by atoms with van der Waals surface area (Å²) in [5.74, 6) is 0. The summed E-state index contributed by atoms with van der Waals surface area (Å²) in [6.45, 7) is 1.14. The van der Waals surface area contributed by atoms with Crippen LogP contribution in [0.5, 0.6) is 0 Å². The number of rotatable bonds is 5. The highest BCUT2D eigenvalue weighted by molar-refractivity contribution is 6.30. The van der Waals surface area contributed by atoms with Crippen LogP contribution in [0, 0.1) is 0 Å². The SMILES string of the molecule is O=c1c2ccccc2c(Cc2ccc(Cl)cc2)nn1CCn1ccnc1. The topological polar surface area (TPSA) is 52.7 Å². The van der Waals surface area contributed by atoms with E-state index in [9.17, 15) is 4.79 Å². The van der Waals surface area contributed by atoms with Crippen LogP contribution in [-0.4, -0.2) is 19.3 Å². The quantitative estimate of drug-likeness (QED) is 0.544. The van der Waals surface area contributed by atoms with Crippen LogP contribution >= 0.6 is 11.6 Å². The summed E-state index contributed by atoms with van der Waals surface area (Å²) in [4.78, 5) is 16.8. The van der Waals surface area contributed by atoms with Gasteiger partial charge in [-0.25, -0.2) is 9.67 Å². The van der Waals surface area contributed by atoms with Crippen LogP contribution in [0.2, 0.25) is 5.02 Å². The number of benzene rings is 2. The number of aryl methyl sites for hydroxylation is 2. The van der Waals surface area contributed by atoms with Crippen LogP contribution in [0.4, 0.5) is 0 Å². The first kappa shape index (κ1) is 16.5. The molecule has 0 saturated heterocycles. The Morgan fingerprint density at radius 1 is 0.962 bits per heavy atom. The summed E-state index contributed by atoms with van der Waals surface area (Å²) in [6, 6.07) is 15.3. The van der Waals surface area contributed by atoms with Gasteiger partial charge in [0, 0.05) is 35.8 Å². The van der Waals surface area contributed by atoms with Gasteiger partial charge < -0.3 is 4.57 Å². The average molecular weight is 365 g/mol. The minimum absolute atomic E-state index is 0.0689. The lowest BCUT2D eigenvalue weighted by molar-refractivity contribution is 0.508. The van der Waals surface area contributed by atoms with Crippen molar-refractivity contribution in [3.63, 3.8) is 0 Å². The standard InChI is InChI=1S/C20H17ClN4O/c21-16-7-5-15(6-8-16)13-19-17-3-1-2-4-18(17)20(26)25(23-19)12-11-24-10-9-22-14-24/h1-10,14H,11-13H2. The van der Waals surface area contributed by atoms with Crippen molar-refractivity contribution >= 4 is 22.4 Å². The minimum Gasteiger partial charge on any atom is -0.336 e. The van der Waals surface area contributed by atoms with E-state index < -0.39 is 0 Å². The van der Waals surface area contributed by atoms with Gasteiger partial charge in [0.1, 0.15) is 0 Å². The van der Waals surface area contributed by atoms with E-state index >= 15 is 0 Å². The van der Waals surface area contributed by atoms with Gasteiger partial charge in [-0.2, -0.15) is 5.10 Å². The second kappa shape index (κ2) is 7.14. The maximum atomic E-state index is 12.8. The highest BCUT2D eigenvalue weighted by atomic mass is 35.5. The van der Waals surface area contributed by atoms with Crippen molar-refractivity contribution < 1.29 is 0 Å². The van der Waals surface area contributed by atoms with Gasteiger partial charge in [0.2, 0.25) is 0 Å². The molecule has 0 spiro atoms. The van der Waals surface area contributed by atoms with E-state index in [1.807, 2.05) is 59.3 Å². The maximum Gasteiger partial charge on any atom is 0.274 e. The van der Waals surface area contributed by atoms with E-state index in [-0.39, 0.29) is 5.56 Å². The zero-order chi connectivity index (χ0) is 17.9. The number of hydrogen-bond donors (Lipinski definition) is 0. The molecule has 0 bridgehead atoms. The summed E-state index contributed by atoms with van der Waals surface area (Å²) >= 11 is 5.98. The number of fused-ring (bicyclic) bond motifs is 1. The summed E-state index contributed by atoms with van der Waals surface area (Å²) in [6.07, 6.45) is 5.98. The highest BCUT2D eigenvalue weighted by Gasteiger charge is 2.11. The van der Waals surface area contributed by atoms with E-state index in [1.54, 1.807) is 17.2 Å². The molecule has 0 aliphatic heterocycles. The smallest absolute Gasteiger partial charge is 0.274 e. The molecule has 0 aliphatic carbocycles. The first-order valence-electron chi connectivity index (χ1n) is 8.39. The van der Waals surface area contributed by atoms with Crippen LogP contribution in [0.15, 0.2) is 72.0 Å². The highest BCUT2D eigenvalue weighted by Crippen LogP contribution is 2.18. The lowest BCUT2D eigenvalue weighted by atomic mass is 10.0. The molecule has 0 radical (unpaired) electrons. The van der Waals surface area contributed by atoms with Gasteiger partial charge in [-0.15, -0.1) is 0 Å².